The molecule has 1 aliphatic heterocycles. The molecule has 1 aromatic rings. The van der Waals surface area contributed by atoms with Crippen LogP contribution in [0, 0.1) is 11.5 Å². The average Bonchev–Trinajstić information content (AvgIpc) is 2.24. The van der Waals surface area contributed by atoms with Gasteiger partial charge in [-0.15, -0.1) is 5.54 Å². The highest BCUT2D eigenvalue weighted by Gasteiger charge is 2.17. The van der Waals surface area contributed by atoms with Gasteiger partial charge in [-0.05, 0) is 12.1 Å². The molecule has 1 N–H and O–H groups in total. The van der Waals surface area contributed by atoms with Crippen LogP contribution in [-0.4, -0.2) is 25.6 Å². The highest BCUT2D eigenvalue weighted by Crippen LogP contribution is 2.24. The molecule has 5 heteroatoms. The van der Waals surface area contributed by atoms with Gasteiger partial charge >= 0.3 is 0 Å². The van der Waals surface area contributed by atoms with Gasteiger partial charge in [0.1, 0.15) is 13.8 Å². The van der Waals surface area contributed by atoms with Crippen molar-refractivity contribution >= 4 is 19.8 Å². The molecule has 0 atom stereocenters. The summed E-state index contributed by atoms with van der Waals surface area (Å²) in [4.78, 5) is 15.4. The maximum Gasteiger partial charge on any atom is 0.263 e. The third-order valence-electron chi connectivity index (χ3n) is 2.04. The Kier molecular flexibility index (Phi) is 2.90. The number of anilines is 1. The zero-order valence-electron chi connectivity index (χ0n) is 10.1. The zero-order valence-corrected chi connectivity index (χ0v) is 11.1. The minimum Gasteiger partial charge on any atom is -0.480 e. The van der Waals surface area contributed by atoms with Crippen molar-refractivity contribution in [1.82, 2.24) is 4.98 Å². The molecular weight excluding hydrogens is 232 g/mol. The van der Waals surface area contributed by atoms with Crippen LogP contribution in [0.2, 0.25) is 19.6 Å². The first-order valence-electron chi connectivity index (χ1n) is 5.41. The fourth-order valence-electron chi connectivity index (χ4n) is 1.28. The molecule has 0 aromatic carbocycles. The first-order chi connectivity index (χ1) is 7.94. The highest BCUT2D eigenvalue weighted by molar-refractivity contribution is 6.83. The number of fused-ring (bicyclic) bond motifs is 1. The summed E-state index contributed by atoms with van der Waals surface area (Å²) in [5.41, 5.74) is 3.89. The number of hydrogen-bond acceptors (Lipinski definition) is 3. The number of nitrogens with one attached hydrogen (secondary N) is 1. The minimum absolute atomic E-state index is 0.0502. The topological polar surface area (TPSA) is 51.2 Å². The Hall–Kier alpha value is -1.80. The molecule has 1 amide bonds. The molecule has 17 heavy (non-hydrogen) atoms. The van der Waals surface area contributed by atoms with E-state index >= 15 is 0 Å². The van der Waals surface area contributed by atoms with Crippen LogP contribution in [0.5, 0.6) is 5.75 Å². The third-order valence-corrected chi connectivity index (χ3v) is 2.92. The minimum atomic E-state index is -1.41. The number of hydrogen-bond donors (Lipinski definition) is 1. The van der Waals surface area contributed by atoms with Crippen LogP contribution in [0.15, 0.2) is 12.1 Å². The summed E-state index contributed by atoms with van der Waals surface area (Å²) >= 11 is 0. The molecule has 1 aromatic heterocycles. The lowest BCUT2D eigenvalue weighted by Crippen LogP contribution is -2.26. The van der Waals surface area contributed by atoms with Gasteiger partial charge in [0.15, 0.2) is 18.2 Å². The third kappa shape index (κ3) is 3.08. The molecule has 0 saturated carbocycles. The Morgan fingerprint density at radius 3 is 2.88 bits per heavy atom. The van der Waals surface area contributed by atoms with E-state index in [1.165, 1.54) is 0 Å². The van der Waals surface area contributed by atoms with E-state index < -0.39 is 8.07 Å². The van der Waals surface area contributed by atoms with E-state index in [1.807, 2.05) is 6.07 Å². The van der Waals surface area contributed by atoms with Gasteiger partial charge in [-0.3, -0.25) is 4.79 Å². The van der Waals surface area contributed by atoms with Crippen LogP contribution in [0.1, 0.15) is 5.69 Å². The van der Waals surface area contributed by atoms with E-state index in [4.69, 9.17) is 4.74 Å². The van der Waals surface area contributed by atoms with E-state index in [1.54, 1.807) is 6.07 Å². The number of ether oxygens (including phenoxy) is 1. The van der Waals surface area contributed by atoms with Gasteiger partial charge in [-0.1, -0.05) is 25.6 Å². The summed E-state index contributed by atoms with van der Waals surface area (Å²) in [7, 11) is -1.41. The summed E-state index contributed by atoms with van der Waals surface area (Å²) in [6, 6.07) is 3.60. The number of nitrogens with zero attached hydrogens (tertiary/aromatic N) is 1. The van der Waals surface area contributed by atoms with Gasteiger partial charge in [-0.2, -0.15) is 0 Å². The quantitative estimate of drug-likeness (QED) is 0.559. The van der Waals surface area contributed by atoms with E-state index in [2.05, 4.69) is 41.4 Å². The second kappa shape index (κ2) is 4.22. The maximum absolute atomic E-state index is 11.1. The summed E-state index contributed by atoms with van der Waals surface area (Å²) < 4.78 is 5.22. The molecule has 0 aliphatic carbocycles. The zero-order chi connectivity index (χ0) is 12.5. The molecule has 1 aliphatic rings. The molecule has 88 valence electrons. The van der Waals surface area contributed by atoms with E-state index in [0.717, 1.165) is 0 Å². The molecule has 2 heterocycles. The lowest BCUT2D eigenvalue weighted by Gasteiger charge is -2.16. The Labute approximate surface area is 101 Å². The number of carbonyl (C=O) groups excluding carboxylic acids is 1. The fourth-order valence-corrected chi connectivity index (χ4v) is 1.79. The van der Waals surface area contributed by atoms with Gasteiger partial charge in [0.25, 0.3) is 5.91 Å². The molecule has 2 rings (SSSR count). The first kappa shape index (κ1) is 11.7. The Morgan fingerprint density at radius 1 is 1.41 bits per heavy atom. The fraction of sp³-hybridized carbons (Fsp3) is 0.333. The lowest BCUT2D eigenvalue weighted by atomic mass is 10.3. The second-order valence-corrected chi connectivity index (χ2v) is 9.63. The molecule has 0 fully saturated rings. The van der Waals surface area contributed by atoms with Crippen LogP contribution in [0.3, 0.4) is 0 Å². The lowest BCUT2D eigenvalue weighted by molar-refractivity contribution is -0.118. The predicted molar refractivity (Wildman–Crippen MR) is 68.6 cm³/mol. The van der Waals surface area contributed by atoms with Gasteiger partial charge in [0, 0.05) is 0 Å². The summed E-state index contributed by atoms with van der Waals surface area (Å²) in [5, 5.41) is 2.67. The van der Waals surface area contributed by atoms with Gasteiger partial charge in [0.2, 0.25) is 0 Å². The first-order valence-corrected chi connectivity index (χ1v) is 8.91. The van der Waals surface area contributed by atoms with Crippen LogP contribution in [0.25, 0.3) is 0 Å². The van der Waals surface area contributed by atoms with Crippen molar-refractivity contribution in [2.75, 3.05) is 11.9 Å². The van der Waals surface area contributed by atoms with Crippen LogP contribution in [-0.2, 0) is 4.79 Å². The molecule has 0 bridgehead atoms. The molecule has 0 spiro atoms. The average molecular weight is 246 g/mol. The van der Waals surface area contributed by atoms with E-state index in [9.17, 15) is 4.79 Å². The Morgan fingerprint density at radius 2 is 2.18 bits per heavy atom. The molecule has 4 nitrogen and oxygen atoms in total. The number of aromatic nitrogens is 1. The molecule has 0 saturated heterocycles. The standard InChI is InChI=1S/C12H14N2O2Si/c1-17(2,3)7-6-9-4-5-10-12(13-9)14-11(15)8-16-10/h4-5H,8H2,1-3H3,(H,13,14,15). The summed E-state index contributed by atoms with van der Waals surface area (Å²) in [5.74, 6) is 3.92. The van der Waals surface area contributed by atoms with E-state index in [0.29, 0.717) is 17.3 Å². The van der Waals surface area contributed by atoms with Gasteiger partial charge in [-0.25, -0.2) is 4.98 Å². The van der Waals surface area contributed by atoms with Gasteiger partial charge in [0.05, 0.1) is 0 Å². The number of carbonyl (C=O) groups is 1. The van der Waals surface area contributed by atoms with Crippen molar-refractivity contribution in [3.63, 3.8) is 0 Å². The van der Waals surface area contributed by atoms with Crippen LogP contribution in [0.4, 0.5) is 5.82 Å². The molecule has 0 unspecified atom stereocenters. The van der Waals surface area contributed by atoms with Crippen molar-refractivity contribution < 1.29 is 9.53 Å². The van der Waals surface area contributed by atoms with Crippen LogP contribution >= 0.6 is 0 Å². The Bertz CT molecular complexity index is 524. The number of rotatable bonds is 0. The Balaban J connectivity index is 2.29. The van der Waals surface area contributed by atoms with Crippen molar-refractivity contribution in [3.8, 4) is 17.2 Å². The summed E-state index contributed by atoms with van der Waals surface area (Å²) in [6.45, 7) is 6.56. The largest absolute Gasteiger partial charge is 0.480 e. The van der Waals surface area contributed by atoms with Crippen molar-refractivity contribution in [2.45, 2.75) is 19.6 Å². The van der Waals surface area contributed by atoms with E-state index in [-0.39, 0.29) is 12.5 Å². The van der Waals surface area contributed by atoms with Crippen molar-refractivity contribution in [2.24, 2.45) is 0 Å². The monoisotopic (exact) mass is 246 g/mol. The molecular formula is C12H14N2O2Si. The normalized spacial score (nSPS) is 13.9. The van der Waals surface area contributed by atoms with Crippen LogP contribution < -0.4 is 10.1 Å². The molecule has 0 radical (unpaired) electrons. The van der Waals surface area contributed by atoms with Crippen molar-refractivity contribution in [1.29, 1.82) is 0 Å². The SMILES string of the molecule is C[Si](C)(C)C#Cc1ccc2c(n1)NC(=O)CO2. The number of pyridine rings is 1. The van der Waals surface area contributed by atoms with Gasteiger partial charge < -0.3 is 10.1 Å². The second-order valence-electron chi connectivity index (χ2n) is 4.88. The summed E-state index contributed by atoms with van der Waals surface area (Å²) in [6.07, 6.45) is 0. The maximum atomic E-state index is 11.1. The number of amides is 1. The smallest absolute Gasteiger partial charge is 0.263 e. The highest BCUT2D eigenvalue weighted by atomic mass is 28.3. The predicted octanol–water partition coefficient (Wildman–Crippen LogP) is 1.64. The van der Waals surface area contributed by atoms with Crippen molar-refractivity contribution in [3.05, 3.63) is 17.8 Å².